The molecule has 3 N–H and O–H groups in total. The van der Waals surface area contributed by atoms with Gasteiger partial charge in [0.1, 0.15) is 12.2 Å². The van der Waals surface area contributed by atoms with Crippen molar-refractivity contribution < 1.29 is 23.7 Å². The largest absolute Gasteiger partial charge is 0.369 e. The maximum absolute atomic E-state index is 13.4. The fraction of sp³-hybridized carbons (Fsp3) is 0.660. The topological polar surface area (TPSA) is 135 Å². The Balaban J connectivity index is 0.000000160. The van der Waals surface area contributed by atoms with E-state index in [2.05, 4.69) is 69.9 Å². The molecule has 0 aromatic carbocycles. The molecule has 0 radical (unpaired) electrons. The number of nitrogens with zero attached hydrogens (tertiary/aromatic N) is 4. The molecule has 10 nitrogen and oxygen atoms in total. The molecule has 0 spiro atoms. The molecular formula is C53H73N6O4+. The number of nitrogens with one attached hydrogen (secondary N) is 1. The number of primary amides is 1. The Hall–Kier alpha value is -4.18. The summed E-state index contributed by atoms with van der Waals surface area (Å²) in [5.41, 5.74) is 13.4. The Morgan fingerprint density at radius 2 is 1.35 bits per heavy atom. The zero-order valence-electron chi connectivity index (χ0n) is 39.3. The molecule has 4 heterocycles. The van der Waals surface area contributed by atoms with Crippen LogP contribution in [-0.4, -0.2) is 57.1 Å². The zero-order chi connectivity index (χ0) is 44.9. The van der Waals surface area contributed by atoms with Crippen LogP contribution in [-0.2, 0) is 25.7 Å². The number of likely N-dealkylation sites (tertiary alicyclic amines) is 2. The van der Waals surface area contributed by atoms with Gasteiger partial charge in [-0.3, -0.25) is 24.4 Å². The van der Waals surface area contributed by atoms with Gasteiger partial charge in [0, 0.05) is 66.0 Å². The average Bonchev–Trinajstić information content (AvgIpc) is 3.79. The van der Waals surface area contributed by atoms with Crippen LogP contribution in [0.3, 0.4) is 0 Å². The highest BCUT2D eigenvalue weighted by Gasteiger charge is 2.65. The smallest absolute Gasteiger partial charge is 0.318 e. The van der Waals surface area contributed by atoms with Gasteiger partial charge in [0.05, 0.1) is 25.4 Å². The Morgan fingerprint density at radius 3 is 1.97 bits per heavy atom. The number of fused-ring (bicyclic) bond motifs is 10. The van der Waals surface area contributed by atoms with E-state index in [4.69, 9.17) is 5.73 Å². The number of allylic oxidation sites excluding steroid dienone is 4. The first-order chi connectivity index (χ1) is 29.9. The minimum absolute atomic E-state index is 0.0199. The van der Waals surface area contributed by atoms with E-state index in [0.717, 1.165) is 88.3 Å². The van der Waals surface area contributed by atoms with Crippen LogP contribution in [0.1, 0.15) is 137 Å². The number of hydrogen-bond acceptors (Lipinski definition) is 6. The number of nitrogens with two attached hydrogens (primary N) is 1. The predicted molar refractivity (Wildman–Crippen MR) is 244 cm³/mol. The van der Waals surface area contributed by atoms with Gasteiger partial charge < -0.3 is 16.0 Å². The molecule has 6 aliphatic carbocycles. The lowest BCUT2D eigenvalue weighted by Gasteiger charge is -2.59. The van der Waals surface area contributed by atoms with Crippen molar-refractivity contribution in [1.29, 1.82) is 0 Å². The van der Waals surface area contributed by atoms with Crippen molar-refractivity contribution in [3.63, 3.8) is 0 Å². The van der Waals surface area contributed by atoms with Crippen molar-refractivity contribution in [2.75, 3.05) is 19.4 Å². The number of amides is 4. The molecule has 63 heavy (non-hydrogen) atoms. The van der Waals surface area contributed by atoms with Crippen LogP contribution in [0.25, 0.3) is 0 Å². The molecular weight excluding hydrogens is 785 g/mol. The van der Waals surface area contributed by atoms with Crippen LogP contribution < -0.4 is 11.1 Å². The van der Waals surface area contributed by atoms with Crippen LogP contribution in [0.4, 0.5) is 5.69 Å². The summed E-state index contributed by atoms with van der Waals surface area (Å²) < 4.78 is 0.392. The SMILES string of the molecule is CC1=C2N(C)C(=O)CC[C@]2(C)[C@H]2CC[C@]3(C)[C@@H](C(=O)Nc4cccnc4)CC[C@H]3[C@@H]2C1.CC1=C2[C@](C)(CCC(=O)[N+]2(C)Cc2cccnc2)C2CC[C@@]3(C)C(CC[C@@H]3C(N)=O)C2C1. The summed E-state index contributed by atoms with van der Waals surface area (Å²) in [6.45, 7) is 14.8. The summed E-state index contributed by atoms with van der Waals surface area (Å²) in [7, 11) is 4.11. The lowest BCUT2D eigenvalue weighted by atomic mass is 9.47. The lowest BCUT2D eigenvalue weighted by molar-refractivity contribution is -0.822. The third-order valence-corrected chi connectivity index (χ3v) is 19.8. The molecule has 10 heteroatoms. The molecule has 2 aromatic heterocycles. The maximum Gasteiger partial charge on any atom is 0.318 e. The van der Waals surface area contributed by atoms with Crippen molar-refractivity contribution in [2.45, 2.75) is 138 Å². The molecule has 338 valence electrons. The number of hydrogen-bond donors (Lipinski definition) is 2. The van der Waals surface area contributed by atoms with Gasteiger partial charge in [0.25, 0.3) is 0 Å². The summed E-state index contributed by atoms with van der Waals surface area (Å²) in [6.07, 6.45) is 21.1. The quantitative estimate of drug-likeness (QED) is 0.288. The third kappa shape index (κ3) is 6.80. The number of aromatic nitrogens is 2. The zero-order valence-corrected chi connectivity index (χ0v) is 39.3. The molecule has 2 saturated heterocycles. The normalized spacial score (nSPS) is 41.6. The van der Waals surface area contributed by atoms with Gasteiger partial charge in [-0.05, 0) is 161 Å². The molecule has 6 fully saturated rings. The molecule has 2 aliphatic heterocycles. The number of rotatable bonds is 5. The molecule has 4 saturated carbocycles. The molecule has 0 bridgehead atoms. The second kappa shape index (κ2) is 15.8. The monoisotopic (exact) mass is 858 g/mol. The number of carbonyl (C=O) groups excluding carboxylic acids is 4. The van der Waals surface area contributed by atoms with E-state index in [9.17, 15) is 19.2 Å². The second-order valence-corrected chi connectivity index (χ2v) is 22.8. The second-order valence-electron chi connectivity index (χ2n) is 22.8. The molecule has 13 atom stereocenters. The summed E-state index contributed by atoms with van der Waals surface area (Å²) >= 11 is 0. The average molecular weight is 858 g/mol. The summed E-state index contributed by atoms with van der Waals surface area (Å²) in [6, 6.07) is 7.83. The standard InChI is InChI=1S/C27H37N3O2.C26H35N3O2/c1-17-14-19-20-7-8-22(25(28)32)26(20,2)11-9-21(19)27(3)12-10-23(31)30(4,24(17)27)16-18-6-5-13-29-15-18;1-16-14-18-19-7-8-21(24(31)28-17-6-5-13-27-15-17)25(19,2)11-9-20(18)26(3)12-10-22(30)29(4)23(16)26/h5-6,13,15,19-22H,7-12,14,16H2,1-4H3,(H-,28,32);5-6,13,15,18-21H,7-12,14H2,1-4H3,(H,28,31)/p+1/t19?,20?,21?,22-,26+,27-,30?;18-,19-,20-,21+,25-,26+/m10/s1. The van der Waals surface area contributed by atoms with Crippen molar-refractivity contribution in [3.05, 3.63) is 77.2 Å². The number of carbonyl (C=O) groups is 4. The van der Waals surface area contributed by atoms with Crippen LogP contribution >= 0.6 is 0 Å². The number of anilines is 1. The van der Waals surface area contributed by atoms with Crippen LogP contribution in [0.15, 0.2) is 71.6 Å². The van der Waals surface area contributed by atoms with Crippen molar-refractivity contribution in [3.8, 4) is 0 Å². The van der Waals surface area contributed by atoms with Crippen molar-refractivity contribution in [1.82, 2.24) is 14.9 Å². The van der Waals surface area contributed by atoms with Gasteiger partial charge in [0.15, 0.2) is 0 Å². The fourth-order valence-electron chi connectivity index (χ4n) is 17.2. The Morgan fingerprint density at radius 1 is 0.762 bits per heavy atom. The van der Waals surface area contributed by atoms with Gasteiger partial charge in [-0.15, -0.1) is 0 Å². The number of pyridine rings is 2. The Labute approximate surface area is 375 Å². The van der Waals surface area contributed by atoms with Gasteiger partial charge in [0.2, 0.25) is 17.7 Å². The molecule has 8 aliphatic rings. The Kier molecular flexibility index (Phi) is 11.0. The third-order valence-electron chi connectivity index (χ3n) is 19.8. The highest BCUT2D eigenvalue weighted by molar-refractivity contribution is 5.93. The summed E-state index contributed by atoms with van der Waals surface area (Å²) in [5, 5.41) is 3.13. The predicted octanol–water partition coefficient (Wildman–Crippen LogP) is 9.59. The van der Waals surface area contributed by atoms with Gasteiger partial charge in [-0.2, -0.15) is 0 Å². The van der Waals surface area contributed by atoms with E-state index in [1.54, 1.807) is 18.6 Å². The van der Waals surface area contributed by atoms with E-state index >= 15 is 0 Å². The first-order valence-electron chi connectivity index (χ1n) is 24.3. The molecule has 2 aromatic rings. The van der Waals surface area contributed by atoms with E-state index in [1.807, 2.05) is 36.3 Å². The number of piperidine rings is 2. The minimum atomic E-state index is -0.104. The number of quaternary nitrogens is 1. The maximum atomic E-state index is 13.4. The summed E-state index contributed by atoms with van der Waals surface area (Å²) in [4.78, 5) is 61.8. The van der Waals surface area contributed by atoms with Gasteiger partial charge >= 0.3 is 5.91 Å². The lowest BCUT2D eigenvalue weighted by Crippen LogP contribution is -2.61. The van der Waals surface area contributed by atoms with Crippen molar-refractivity contribution >= 4 is 29.3 Å². The minimum Gasteiger partial charge on any atom is -0.369 e. The fourth-order valence-corrected chi connectivity index (χ4v) is 17.2. The van der Waals surface area contributed by atoms with Gasteiger partial charge in [-0.25, -0.2) is 9.28 Å². The van der Waals surface area contributed by atoms with E-state index in [0.29, 0.717) is 65.3 Å². The first-order valence-corrected chi connectivity index (χ1v) is 24.3. The highest BCUT2D eigenvalue weighted by Crippen LogP contribution is 2.69. The molecule has 10 rings (SSSR count). The van der Waals surface area contributed by atoms with Crippen LogP contribution in [0.2, 0.25) is 0 Å². The van der Waals surface area contributed by atoms with E-state index in [-0.39, 0.29) is 51.2 Å². The van der Waals surface area contributed by atoms with Crippen molar-refractivity contribution in [2.24, 2.45) is 74.7 Å². The van der Waals surface area contributed by atoms with E-state index in [1.165, 1.54) is 22.5 Å². The highest BCUT2D eigenvalue weighted by atomic mass is 16.2. The van der Waals surface area contributed by atoms with Gasteiger partial charge in [-0.1, -0.05) is 39.3 Å². The first kappa shape index (κ1) is 44.0. The summed E-state index contributed by atoms with van der Waals surface area (Å²) in [5.74, 6) is 4.26. The molecule has 4 amide bonds. The van der Waals surface area contributed by atoms with Crippen LogP contribution in [0.5, 0.6) is 0 Å². The molecule has 4 unspecified atom stereocenters. The Bertz CT molecular complexity index is 2240. The van der Waals surface area contributed by atoms with E-state index < -0.39 is 0 Å². The van der Waals surface area contributed by atoms with Crippen LogP contribution in [0, 0.1) is 69.0 Å².